The van der Waals surface area contributed by atoms with E-state index in [-0.39, 0.29) is 35.2 Å². The first-order valence-corrected chi connectivity index (χ1v) is 12.2. The third-order valence-electron chi connectivity index (χ3n) is 6.06. The van der Waals surface area contributed by atoms with Crippen molar-refractivity contribution in [3.05, 3.63) is 24.6 Å². The lowest BCUT2D eigenvalue weighted by atomic mass is 9.89. The highest BCUT2D eigenvalue weighted by atomic mass is 16.5. The second-order valence-electron chi connectivity index (χ2n) is 10.9. The predicted octanol–water partition coefficient (Wildman–Crippen LogP) is 5.28. The molecule has 0 aromatic heterocycles. The van der Waals surface area contributed by atoms with Gasteiger partial charge < -0.3 is 20.1 Å². The van der Waals surface area contributed by atoms with Crippen molar-refractivity contribution in [3.8, 4) is 0 Å². The van der Waals surface area contributed by atoms with Gasteiger partial charge in [-0.25, -0.2) is 0 Å². The van der Waals surface area contributed by atoms with Gasteiger partial charge in [0.05, 0.1) is 0 Å². The molecule has 2 unspecified atom stereocenters. The van der Waals surface area contributed by atoms with E-state index in [1.807, 2.05) is 0 Å². The highest BCUT2D eigenvalue weighted by Gasteiger charge is 2.32. The smallest absolute Gasteiger partial charge is 0.306 e. The summed E-state index contributed by atoms with van der Waals surface area (Å²) < 4.78 is 11.3. The molecule has 2 atom stereocenters. The van der Waals surface area contributed by atoms with E-state index in [4.69, 9.17) is 9.47 Å². The van der Waals surface area contributed by atoms with Gasteiger partial charge in [-0.1, -0.05) is 38.8 Å². The first-order valence-electron chi connectivity index (χ1n) is 12.2. The molecule has 0 aromatic rings. The van der Waals surface area contributed by atoms with E-state index >= 15 is 0 Å². The predicted molar refractivity (Wildman–Crippen MR) is 128 cm³/mol. The first-order chi connectivity index (χ1) is 14.9. The molecule has 2 fully saturated rings. The summed E-state index contributed by atoms with van der Waals surface area (Å²) in [4.78, 5) is 24.3. The van der Waals surface area contributed by atoms with Gasteiger partial charge >= 0.3 is 11.9 Å². The van der Waals surface area contributed by atoms with E-state index in [0.717, 1.165) is 62.8 Å². The summed E-state index contributed by atoms with van der Waals surface area (Å²) in [5, 5.41) is 6.69. The third kappa shape index (κ3) is 10.1. The fraction of sp³-hybridized carbons (Fsp3) is 0.769. The minimum Gasteiger partial charge on any atom is -0.462 e. The van der Waals surface area contributed by atoms with E-state index in [1.165, 1.54) is 0 Å². The van der Waals surface area contributed by atoms with Crippen molar-refractivity contribution in [3.63, 3.8) is 0 Å². The monoisotopic (exact) mass is 448 g/mol. The first kappa shape index (κ1) is 26.3. The van der Waals surface area contributed by atoms with E-state index in [1.54, 1.807) is 0 Å². The molecular weight excluding hydrogens is 404 g/mol. The van der Waals surface area contributed by atoms with Gasteiger partial charge in [-0.15, -0.1) is 0 Å². The van der Waals surface area contributed by atoms with Crippen LogP contribution in [0.1, 0.15) is 105 Å². The van der Waals surface area contributed by atoms with Crippen molar-refractivity contribution in [1.29, 1.82) is 0 Å². The van der Waals surface area contributed by atoms with Crippen LogP contribution in [0.5, 0.6) is 0 Å². The summed E-state index contributed by atoms with van der Waals surface area (Å²) in [7, 11) is 0. The minimum atomic E-state index is -0.105. The fourth-order valence-electron chi connectivity index (χ4n) is 4.90. The summed E-state index contributed by atoms with van der Waals surface area (Å²) in [5.74, 6) is -0.209. The topological polar surface area (TPSA) is 76.7 Å². The van der Waals surface area contributed by atoms with Crippen molar-refractivity contribution in [1.82, 2.24) is 10.6 Å². The van der Waals surface area contributed by atoms with Gasteiger partial charge in [0.2, 0.25) is 0 Å². The molecule has 2 aliphatic heterocycles. The Morgan fingerprint density at radius 2 is 1.09 bits per heavy atom. The maximum absolute atomic E-state index is 12.1. The zero-order valence-electron chi connectivity index (χ0n) is 20.7. The SMILES string of the molecule is C=C1CC(OC(=O)CCCCCCCCC(=O)OC2CC(=C)NC(C)(C)C2)CC(C)(C)N1. The van der Waals surface area contributed by atoms with Crippen LogP contribution in [0.2, 0.25) is 0 Å². The standard InChI is InChI=1S/C26H44N2O4/c1-19-15-21(17-25(3,4)27-19)31-23(29)13-11-9-7-8-10-12-14-24(30)32-22-16-20(2)28-26(5,6)18-22/h21-22,27-28H,1-2,7-18H2,3-6H3. The molecule has 2 aliphatic rings. The van der Waals surface area contributed by atoms with Crippen molar-refractivity contribution in [2.75, 3.05) is 0 Å². The fourth-order valence-corrected chi connectivity index (χ4v) is 4.90. The highest BCUT2D eigenvalue weighted by Crippen LogP contribution is 2.27. The maximum atomic E-state index is 12.1. The number of unbranched alkanes of at least 4 members (excludes halogenated alkanes) is 5. The van der Waals surface area contributed by atoms with Crippen LogP contribution in [0.3, 0.4) is 0 Å². The Hall–Kier alpha value is -1.98. The number of hydrogen-bond donors (Lipinski definition) is 2. The molecule has 182 valence electrons. The van der Waals surface area contributed by atoms with Crippen LogP contribution < -0.4 is 10.6 Å². The van der Waals surface area contributed by atoms with Crippen molar-refractivity contribution >= 4 is 11.9 Å². The zero-order valence-corrected chi connectivity index (χ0v) is 20.7. The molecule has 0 aromatic carbocycles. The molecule has 0 saturated carbocycles. The van der Waals surface area contributed by atoms with Crippen LogP contribution in [-0.4, -0.2) is 35.2 Å². The molecular formula is C26H44N2O4. The molecule has 0 aliphatic carbocycles. The van der Waals surface area contributed by atoms with Gasteiger partial charge in [-0.2, -0.15) is 0 Å². The molecule has 0 spiro atoms. The zero-order chi connectivity index (χ0) is 23.8. The highest BCUT2D eigenvalue weighted by molar-refractivity contribution is 5.70. The lowest BCUT2D eigenvalue weighted by Crippen LogP contribution is -2.47. The van der Waals surface area contributed by atoms with Gasteiger partial charge in [0.25, 0.3) is 0 Å². The number of piperidine rings is 2. The normalized spacial score (nSPS) is 24.2. The Kier molecular flexibility index (Phi) is 9.65. The van der Waals surface area contributed by atoms with E-state index in [9.17, 15) is 9.59 Å². The van der Waals surface area contributed by atoms with Gasteiger partial charge in [0, 0.05) is 61.0 Å². The molecule has 0 bridgehead atoms. The quantitative estimate of drug-likeness (QED) is 0.331. The van der Waals surface area contributed by atoms with Crippen LogP contribution >= 0.6 is 0 Å². The number of carbonyl (C=O) groups is 2. The molecule has 2 heterocycles. The van der Waals surface area contributed by atoms with E-state index in [0.29, 0.717) is 25.7 Å². The molecule has 2 rings (SSSR count). The molecule has 0 radical (unpaired) electrons. The van der Waals surface area contributed by atoms with Gasteiger partial charge in [-0.3, -0.25) is 9.59 Å². The molecule has 0 amide bonds. The summed E-state index contributed by atoms with van der Waals surface area (Å²) in [6.07, 6.45) is 9.69. The second-order valence-corrected chi connectivity index (χ2v) is 10.9. The lowest BCUT2D eigenvalue weighted by Gasteiger charge is -2.38. The number of hydrogen-bond acceptors (Lipinski definition) is 6. The molecule has 32 heavy (non-hydrogen) atoms. The van der Waals surface area contributed by atoms with Crippen LogP contribution in [0.4, 0.5) is 0 Å². The lowest BCUT2D eigenvalue weighted by molar-refractivity contribution is -0.152. The number of esters is 2. The van der Waals surface area contributed by atoms with Crippen LogP contribution in [0, 0.1) is 0 Å². The average Bonchev–Trinajstić information content (AvgIpc) is 2.60. The summed E-state index contributed by atoms with van der Waals surface area (Å²) in [6.45, 7) is 16.4. The number of nitrogens with one attached hydrogen (secondary N) is 2. The third-order valence-corrected chi connectivity index (χ3v) is 6.06. The number of rotatable bonds is 11. The van der Waals surface area contributed by atoms with Gasteiger partial charge in [0.15, 0.2) is 0 Å². The molecule has 6 nitrogen and oxygen atoms in total. The molecule has 2 saturated heterocycles. The van der Waals surface area contributed by atoms with Crippen LogP contribution in [0.15, 0.2) is 24.6 Å². The largest absolute Gasteiger partial charge is 0.462 e. The molecule has 6 heteroatoms. The van der Waals surface area contributed by atoms with Gasteiger partial charge in [0.1, 0.15) is 12.2 Å². The number of carbonyl (C=O) groups excluding carboxylic acids is 2. The van der Waals surface area contributed by atoms with E-state index < -0.39 is 0 Å². The van der Waals surface area contributed by atoms with Gasteiger partial charge in [-0.05, 0) is 40.5 Å². The Bertz CT molecular complexity index is 625. The Morgan fingerprint density at radius 3 is 1.44 bits per heavy atom. The van der Waals surface area contributed by atoms with Crippen LogP contribution in [0.25, 0.3) is 0 Å². The van der Waals surface area contributed by atoms with Crippen molar-refractivity contribution in [2.24, 2.45) is 0 Å². The van der Waals surface area contributed by atoms with E-state index in [2.05, 4.69) is 51.5 Å². The average molecular weight is 449 g/mol. The Morgan fingerprint density at radius 1 is 0.750 bits per heavy atom. The minimum absolute atomic E-state index is 0.0694. The number of ether oxygens (including phenoxy) is 2. The van der Waals surface area contributed by atoms with Crippen molar-refractivity contribution in [2.45, 2.75) is 128 Å². The van der Waals surface area contributed by atoms with Crippen LogP contribution in [-0.2, 0) is 19.1 Å². The molecule has 2 N–H and O–H groups in total. The summed E-state index contributed by atoms with van der Waals surface area (Å²) in [6, 6.07) is 0. The second kappa shape index (κ2) is 11.8. The summed E-state index contributed by atoms with van der Waals surface area (Å²) in [5.41, 5.74) is 1.72. The van der Waals surface area contributed by atoms with Crippen molar-refractivity contribution < 1.29 is 19.1 Å². The summed E-state index contributed by atoms with van der Waals surface area (Å²) >= 11 is 0. The maximum Gasteiger partial charge on any atom is 0.306 e. The Labute approximate surface area is 194 Å². The Balaban J connectivity index is 1.47.